The van der Waals surface area contributed by atoms with Gasteiger partial charge in [-0.2, -0.15) is 0 Å². The van der Waals surface area contributed by atoms with Gasteiger partial charge in [-0.05, 0) is 25.5 Å². The molecule has 1 aromatic carbocycles. The van der Waals surface area contributed by atoms with Gasteiger partial charge in [0.1, 0.15) is 0 Å². The van der Waals surface area contributed by atoms with Gasteiger partial charge in [0, 0.05) is 67.7 Å². The number of benzene rings is 1. The molecular weight excluding hydrogens is 412 g/mol. The zero-order valence-electron chi connectivity index (χ0n) is 18.2. The number of hydrogen-bond donors (Lipinski definition) is 2. The summed E-state index contributed by atoms with van der Waals surface area (Å²) in [6.45, 7) is 7.09. The average molecular weight is 441 g/mol. The minimum absolute atomic E-state index is 0.217. The summed E-state index contributed by atoms with van der Waals surface area (Å²) in [4.78, 5) is 37.4. The third-order valence-electron chi connectivity index (χ3n) is 4.83. The van der Waals surface area contributed by atoms with Crippen LogP contribution in [-0.2, 0) is 27.5 Å². The number of hydrogen-bond acceptors (Lipinski definition) is 4. The molecule has 2 heterocycles. The van der Waals surface area contributed by atoms with Gasteiger partial charge in [0.15, 0.2) is 0 Å². The first-order valence-corrected chi connectivity index (χ1v) is 10.3. The molecule has 0 aliphatic rings. The number of fused-ring (bicyclic) bond motifs is 1. The highest BCUT2D eigenvalue weighted by molar-refractivity contribution is 5.89. The molecule has 9 heteroatoms. The second kappa shape index (κ2) is 12.1. The van der Waals surface area contributed by atoms with Gasteiger partial charge in [0.2, 0.25) is 5.91 Å². The Balaban J connectivity index is 0.000000390. The van der Waals surface area contributed by atoms with Crippen molar-refractivity contribution < 1.29 is 24.6 Å². The van der Waals surface area contributed by atoms with Crippen LogP contribution in [0.3, 0.4) is 0 Å². The van der Waals surface area contributed by atoms with Crippen LogP contribution in [0.25, 0.3) is 10.9 Å². The van der Waals surface area contributed by atoms with Crippen molar-refractivity contribution in [2.45, 2.75) is 33.4 Å². The van der Waals surface area contributed by atoms with Crippen LogP contribution in [-0.4, -0.2) is 60.2 Å². The fourth-order valence-electron chi connectivity index (χ4n) is 3.30. The summed E-state index contributed by atoms with van der Waals surface area (Å²) < 4.78 is 4.26. The van der Waals surface area contributed by atoms with Gasteiger partial charge in [-0.25, -0.2) is 14.6 Å². The summed E-state index contributed by atoms with van der Waals surface area (Å²) in [5.41, 5.74) is 2.43. The van der Waals surface area contributed by atoms with Crippen LogP contribution in [0.2, 0.25) is 0 Å². The molecule has 0 aliphatic heterocycles. The number of amides is 1. The maximum Gasteiger partial charge on any atom is 0.328 e. The van der Waals surface area contributed by atoms with E-state index in [2.05, 4.69) is 38.5 Å². The fraction of sp³-hybridized carbons (Fsp3) is 0.304. The second-order valence-corrected chi connectivity index (χ2v) is 6.93. The molecule has 0 spiro atoms. The summed E-state index contributed by atoms with van der Waals surface area (Å²) in [5, 5.41) is 16.9. The largest absolute Gasteiger partial charge is 0.478 e. The Morgan fingerprint density at radius 2 is 1.72 bits per heavy atom. The normalized spacial score (nSPS) is 10.7. The molecule has 0 saturated heterocycles. The third kappa shape index (κ3) is 7.12. The van der Waals surface area contributed by atoms with Crippen molar-refractivity contribution in [2.75, 3.05) is 13.1 Å². The molecule has 3 aromatic rings. The van der Waals surface area contributed by atoms with Crippen molar-refractivity contribution >= 4 is 28.7 Å². The zero-order chi connectivity index (χ0) is 23.5. The zero-order valence-corrected chi connectivity index (χ0v) is 18.2. The number of nitrogens with zero attached hydrogens (tertiary/aromatic N) is 4. The molecule has 170 valence electrons. The highest BCUT2D eigenvalue weighted by Crippen LogP contribution is 2.22. The predicted molar refractivity (Wildman–Crippen MR) is 120 cm³/mol. The summed E-state index contributed by atoms with van der Waals surface area (Å²) in [6.07, 6.45) is 9.41. The number of para-hydroxylation sites is 1. The number of carboxylic acids is 2. The van der Waals surface area contributed by atoms with Crippen molar-refractivity contribution in [3.8, 4) is 0 Å². The number of rotatable bonds is 9. The molecule has 32 heavy (non-hydrogen) atoms. The van der Waals surface area contributed by atoms with E-state index in [0.717, 1.165) is 19.6 Å². The Morgan fingerprint density at radius 3 is 2.28 bits per heavy atom. The lowest BCUT2D eigenvalue weighted by Gasteiger charge is -2.18. The number of aryl methyl sites for hydroxylation is 1. The predicted octanol–water partition coefficient (Wildman–Crippen LogP) is 2.86. The summed E-state index contributed by atoms with van der Waals surface area (Å²) >= 11 is 0. The lowest BCUT2D eigenvalue weighted by atomic mass is 10.2. The summed E-state index contributed by atoms with van der Waals surface area (Å²) in [6, 6.07) is 8.37. The van der Waals surface area contributed by atoms with Gasteiger partial charge in [0.05, 0.1) is 12.9 Å². The lowest BCUT2D eigenvalue weighted by molar-refractivity contribution is -0.134. The lowest BCUT2D eigenvalue weighted by Crippen LogP contribution is -2.31. The van der Waals surface area contributed by atoms with E-state index in [0.29, 0.717) is 25.1 Å². The quantitative estimate of drug-likeness (QED) is 0.494. The molecule has 0 aliphatic carbocycles. The molecule has 0 bridgehead atoms. The molecule has 9 nitrogen and oxygen atoms in total. The number of aliphatic carboxylic acids is 2. The van der Waals surface area contributed by atoms with E-state index in [-0.39, 0.29) is 5.91 Å². The van der Waals surface area contributed by atoms with E-state index in [1.807, 2.05) is 37.3 Å². The number of aromatic nitrogens is 3. The minimum atomic E-state index is -1.26. The molecule has 0 unspecified atom stereocenters. The van der Waals surface area contributed by atoms with Crippen molar-refractivity contribution in [2.24, 2.45) is 0 Å². The third-order valence-corrected chi connectivity index (χ3v) is 4.83. The number of carbonyl (C=O) groups excluding carboxylic acids is 1. The van der Waals surface area contributed by atoms with E-state index >= 15 is 0 Å². The van der Waals surface area contributed by atoms with Crippen LogP contribution in [0, 0.1) is 0 Å². The van der Waals surface area contributed by atoms with Crippen molar-refractivity contribution in [1.29, 1.82) is 0 Å². The van der Waals surface area contributed by atoms with E-state index in [4.69, 9.17) is 10.2 Å². The molecule has 3 rings (SSSR count). The van der Waals surface area contributed by atoms with Gasteiger partial charge < -0.3 is 24.2 Å². The van der Waals surface area contributed by atoms with Crippen LogP contribution >= 0.6 is 0 Å². The Bertz CT molecular complexity index is 1050. The SMILES string of the molecule is CCN(CC)C(=O)CCn1cc(Cn2ccnc2)c2ccccc21.O=C(O)/C=C/C(=O)O. The summed E-state index contributed by atoms with van der Waals surface area (Å²) in [5.74, 6) is -2.30. The molecule has 2 N–H and O–H groups in total. The molecular formula is C23H28N4O5. The molecule has 0 saturated carbocycles. The first-order valence-electron chi connectivity index (χ1n) is 10.3. The Kier molecular flexibility index (Phi) is 9.22. The molecule has 1 amide bonds. The van der Waals surface area contributed by atoms with E-state index in [1.54, 1.807) is 6.20 Å². The highest BCUT2D eigenvalue weighted by atomic mass is 16.4. The second-order valence-electron chi connectivity index (χ2n) is 6.93. The number of imidazole rings is 1. The molecule has 0 atom stereocenters. The molecule has 2 aromatic heterocycles. The topological polar surface area (TPSA) is 118 Å². The monoisotopic (exact) mass is 440 g/mol. The van der Waals surface area contributed by atoms with Crippen LogP contribution in [0.15, 0.2) is 61.3 Å². The Morgan fingerprint density at radius 1 is 1.06 bits per heavy atom. The van der Waals surface area contributed by atoms with Gasteiger partial charge in [-0.3, -0.25) is 4.79 Å². The smallest absolute Gasteiger partial charge is 0.328 e. The maximum atomic E-state index is 12.3. The molecule has 0 radical (unpaired) electrons. The fourth-order valence-corrected chi connectivity index (χ4v) is 3.30. The van der Waals surface area contributed by atoms with Crippen molar-refractivity contribution in [3.05, 3.63) is 66.9 Å². The first-order chi connectivity index (χ1) is 15.3. The van der Waals surface area contributed by atoms with Gasteiger partial charge in [-0.1, -0.05) is 18.2 Å². The Hall–Kier alpha value is -3.88. The van der Waals surface area contributed by atoms with Gasteiger partial charge in [0.25, 0.3) is 0 Å². The number of carboxylic acid groups (broad SMARTS) is 2. The average Bonchev–Trinajstić information content (AvgIpc) is 3.41. The van der Waals surface area contributed by atoms with Crippen molar-refractivity contribution in [3.63, 3.8) is 0 Å². The minimum Gasteiger partial charge on any atom is -0.478 e. The number of carbonyl (C=O) groups is 3. The first kappa shape index (κ1) is 24.4. The van der Waals surface area contributed by atoms with Gasteiger partial charge in [-0.15, -0.1) is 0 Å². The van der Waals surface area contributed by atoms with E-state index in [1.165, 1.54) is 16.5 Å². The van der Waals surface area contributed by atoms with E-state index in [9.17, 15) is 14.4 Å². The van der Waals surface area contributed by atoms with Crippen LogP contribution in [0.4, 0.5) is 0 Å². The van der Waals surface area contributed by atoms with Crippen LogP contribution < -0.4 is 0 Å². The van der Waals surface area contributed by atoms with Crippen LogP contribution in [0.5, 0.6) is 0 Å². The van der Waals surface area contributed by atoms with E-state index < -0.39 is 11.9 Å². The highest BCUT2D eigenvalue weighted by Gasteiger charge is 2.12. The van der Waals surface area contributed by atoms with Crippen LogP contribution in [0.1, 0.15) is 25.8 Å². The van der Waals surface area contributed by atoms with Crippen molar-refractivity contribution in [1.82, 2.24) is 19.0 Å². The standard InChI is InChI=1S/C19H24N4O.C4H4O4/c1-3-22(4-2)19(24)9-11-23-14-16(13-21-12-10-20-15-21)17-7-5-6-8-18(17)23;5-3(6)1-2-4(7)8/h5-8,10,12,14-15H,3-4,9,11,13H2,1-2H3;1-2H,(H,5,6)(H,7,8)/b;2-1+. The summed E-state index contributed by atoms with van der Waals surface area (Å²) in [7, 11) is 0. The molecule has 0 fully saturated rings. The van der Waals surface area contributed by atoms with Gasteiger partial charge >= 0.3 is 11.9 Å². The maximum absolute atomic E-state index is 12.3. The Labute approximate surface area is 186 Å².